The number of carbonyl (C=O) groups is 2. The SMILES string of the molecule is O=C1CN(C(=O)CSc2nnc(COc3ccccc3Cl)n2C2CC2)c2ccccc2N1. The van der Waals surface area contributed by atoms with Crippen LogP contribution in [0.3, 0.4) is 0 Å². The monoisotopic (exact) mass is 469 g/mol. The Morgan fingerprint density at radius 2 is 1.94 bits per heavy atom. The first-order valence-electron chi connectivity index (χ1n) is 10.2. The maximum absolute atomic E-state index is 13.0. The lowest BCUT2D eigenvalue weighted by Crippen LogP contribution is -2.43. The van der Waals surface area contributed by atoms with Gasteiger partial charge in [-0.15, -0.1) is 10.2 Å². The van der Waals surface area contributed by atoms with Gasteiger partial charge in [-0.2, -0.15) is 0 Å². The number of thioether (sulfide) groups is 1. The van der Waals surface area contributed by atoms with Gasteiger partial charge in [0.05, 0.1) is 22.2 Å². The van der Waals surface area contributed by atoms with Crippen molar-refractivity contribution in [3.8, 4) is 5.75 Å². The fraction of sp³-hybridized carbons (Fsp3) is 0.273. The second-order valence-electron chi connectivity index (χ2n) is 7.55. The number of rotatable bonds is 7. The maximum Gasteiger partial charge on any atom is 0.244 e. The molecule has 0 atom stereocenters. The molecule has 1 N–H and O–H groups in total. The molecule has 0 spiro atoms. The van der Waals surface area contributed by atoms with Gasteiger partial charge in [-0.3, -0.25) is 14.2 Å². The van der Waals surface area contributed by atoms with Crippen molar-refractivity contribution < 1.29 is 14.3 Å². The molecule has 1 aliphatic carbocycles. The van der Waals surface area contributed by atoms with E-state index >= 15 is 0 Å². The molecular formula is C22H20ClN5O3S. The number of para-hydroxylation sites is 3. The number of halogens is 1. The number of carbonyl (C=O) groups excluding carboxylic acids is 2. The van der Waals surface area contributed by atoms with Crippen molar-refractivity contribution >= 4 is 46.6 Å². The Hall–Kier alpha value is -3.04. The largest absolute Gasteiger partial charge is 0.484 e. The topological polar surface area (TPSA) is 89.3 Å². The van der Waals surface area contributed by atoms with E-state index < -0.39 is 0 Å². The van der Waals surface area contributed by atoms with E-state index in [0.29, 0.717) is 39.2 Å². The summed E-state index contributed by atoms with van der Waals surface area (Å²) in [5, 5.41) is 12.6. The highest BCUT2D eigenvalue weighted by atomic mass is 35.5. The first-order chi connectivity index (χ1) is 15.6. The zero-order valence-electron chi connectivity index (χ0n) is 17.0. The number of benzene rings is 2. The summed E-state index contributed by atoms with van der Waals surface area (Å²) in [7, 11) is 0. The summed E-state index contributed by atoms with van der Waals surface area (Å²) in [6, 6.07) is 14.9. The molecule has 0 radical (unpaired) electrons. The summed E-state index contributed by atoms with van der Waals surface area (Å²) in [6.07, 6.45) is 2.08. The molecule has 2 aromatic carbocycles. The van der Waals surface area contributed by atoms with Crippen LogP contribution in [-0.2, 0) is 16.2 Å². The molecule has 164 valence electrons. The second-order valence-corrected chi connectivity index (χ2v) is 8.90. The molecule has 1 aliphatic heterocycles. The van der Waals surface area contributed by atoms with Crippen molar-refractivity contribution in [1.29, 1.82) is 0 Å². The average Bonchev–Trinajstić information content (AvgIpc) is 3.56. The van der Waals surface area contributed by atoms with Crippen LogP contribution in [-0.4, -0.2) is 38.9 Å². The van der Waals surface area contributed by atoms with Gasteiger partial charge in [0.15, 0.2) is 11.0 Å². The third kappa shape index (κ3) is 4.31. The van der Waals surface area contributed by atoms with E-state index in [9.17, 15) is 9.59 Å². The molecule has 1 aromatic heterocycles. The van der Waals surface area contributed by atoms with Crippen LogP contribution in [0.2, 0.25) is 5.02 Å². The molecule has 10 heteroatoms. The van der Waals surface area contributed by atoms with Gasteiger partial charge in [-0.05, 0) is 37.1 Å². The molecule has 0 unspecified atom stereocenters. The molecule has 1 fully saturated rings. The summed E-state index contributed by atoms with van der Waals surface area (Å²) < 4.78 is 7.89. The predicted molar refractivity (Wildman–Crippen MR) is 122 cm³/mol. The Labute approximate surface area is 193 Å². The first kappa shape index (κ1) is 20.8. The highest BCUT2D eigenvalue weighted by Gasteiger charge is 2.31. The van der Waals surface area contributed by atoms with E-state index in [1.807, 2.05) is 34.9 Å². The fourth-order valence-corrected chi connectivity index (χ4v) is 4.66. The lowest BCUT2D eigenvalue weighted by molar-refractivity contribution is -0.120. The average molecular weight is 470 g/mol. The van der Waals surface area contributed by atoms with Crippen molar-refractivity contribution in [3.63, 3.8) is 0 Å². The summed E-state index contributed by atoms with van der Waals surface area (Å²) in [4.78, 5) is 26.5. The van der Waals surface area contributed by atoms with E-state index in [0.717, 1.165) is 12.8 Å². The maximum atomic E-state index is 13.0. The molecule has 2 aliphatic rings. The smallest absolute Gasteiger partial charge is 0.244 e. The standard InChI is InChI=1S/C22H20ClN5O3S/c23-15-5-1-4-8-18(15)31-12-19-25-26-22(28(19)14-9-10-14)32-13-21(30)27-11-20(29)24-16-6-2-3-7-17(16)27/h1-8,14H,9-13H2,(H,24,29). The van der Waals surface area contributed by atoms with Gasteiger partial charge in [0.2, 0.25) is 11.8 Å². The lowest BCUT2D eigenvalue weighted by atomic mass is 10.2. The van der Waals surface area contributed by atoms with E-state index in [1.54, 1.807) is 18.2 Å². The number of aromatic nitrogens is 3. The summed E-state index contributed by atoms with van der Waals surface area (Å²) in [5.41, 5.74) is 1.34. The van der Waals surface area contributed by atoms with Crippen molar-refractivity contribution in [1.82, 2.24) is 14.8 Å². The quantitative estimate of drug-likeness (QED) is 0.527. The van der Waals surface area contributed by atoms with Crippen molar-refractivity contribution in [2.45, 2.75) is 30.6 Å². The summed E-state index contributed by atoms with van der Waals surface area (Å²) in [6.45, 7) is 0.240. The van der Waals surface area contributed by atoms with Gasteiger partial charge in [0, 0.05) is 6.04 Å². The Morgan fingerprint density at radius 1 is 1.16 bits per heavy atom. The Bertz CT molecular complexity index is 1180. The minimum Gasteiger partial charge on any atom is -0.484 e. The number of amides is 2. The summed E-state index contributed by atoms with van der Waals surface area (Å²) in [5.74, 6) is 1.08. The molecule has 3 aromatic rings. The van der Waals surface area contributed by atoms with Crippen LogP contribution in [0.4, 0.5) is 11.4 Å². The zero-order chi connectivity index (χ0) is 22.1. The van der Waals surface area contributed by atoms with Crippen molar-refractivity contribution in [2.24, 2.45) is 0 Å². The summed E-state index contributed by atoms with van der Waals surface area (Å²) >= 11 is 7.50. The van der Waals surface area contributed by atoms with Gasteiger partial charge < -0.3 is 15.0 Å². The molecule has 5 rings (SSSR count). The molecule has 32 heavy (non-hydrogen) atoms. The molecule has 1 saturated carbocycles. The third-order valence-electron chi connectivity index (χ3n) is 5.24. The molecule has 2 amide bonds. The molecule has 0 bridgehead atoms. The highest BCUT2D eigenvalue weighted by molar-refractivity contribution is 7.99. The second kappa shape index (κ2) is 8.84. The molecule has 0 saturated heterocycles. The number of nitrogens with zero attached hydrogens (tertiary/aromatic N) is 4. The van der Waals surface area contributed by atoms with E-state index in [-0.39, 0.29) is 30.7 Å². The number of nitrogens with one attached hydrogen (secondary N) is 1. The normalized spacial score (nSPS) is 15.3. The van der Waals surface area contributed by atoms with Crippen LogP contribution in [0.15, 0.2) is 53.7 Å². The molecular weight excluding hydrogens is 450 g/mol. The first-order valence-corrected chi connectivity index (χ1v) is 11.6. The van der Waals surface area contributed by atoms with E-state index in [1.165, 1.54) is 16.7 Å². The van der Waals surface area contributed by atoms with Gasteiger partial charge in [0.1, 0.15) is 18.9 Å². The minimum atomic E-state index is -0.206. The van der Waals surface area contributed by atoms with Crippen molar-refractivity contribution in [3.05, 3.63) is 59.4 Å². The van der Waals surface area contributed by atoms with E-state index in [4.69, 9.17) is 16.3 Å². The third-order valence-corrected chi connectivity index (χ3v) is 6.48. The lowest BCUT2D eigenvalue weighted by Gasteiger charge is -2.29. The molecule has 8 nitrogen and oxygen atoms in total. The predicted octanol–water partition coefficient (Wildman–Crippen LogP) is 3.92. The van der Waals surface area contributed by atoms with Gasteiger partial charge in [0.25, 0.3) is 0 Å². The van der Waals surface area contributed by atoms with Crippen LogP contribution in [0.5, 0.6) is 5.75 Å². The fourth-order valence-electron chi connectivity index (χ4n) is 3.57. The van der Waals surface area contributed by atoms with Crippen LogP contribution >= 0.6 is 23.4 Å². The zero-order valence-corrected chi connectivity index (χ0v) is 18.6. The van der Waals surface area contributed by atoms with E-state index in [2.05, 4.69) is 15.5 Å². The highest BCUT2D eigenvalue weighted by Crippen LogP contribution is 2.39. The van der Waals surface area contributed by atoms with Gasteiger partial charge in [-0.25, -0.2) is 0 Å². The molecule has 2 heterocycles. The Morgan fingerprint density at radius 3 is 2.75 bits per heavy atom. The van der Waals surface area contributed by atoms with Crippen LogP contribution in [0, 0.1) is 0 Å². The number of anilines is 2. The van der Waals surface area contributed by atoms with Crippen molar-refractivity contribution in [2.75, 3.05) is 22.5 Å². The Kier molecular flexibility index (Phi) is 5.75. The van der Waals surface area contributed by atoms with Crippen LogP contribution in [0.25, 0.3) is 0 Å². The number of hydrogen-bond donors (Lipinski definition) is 1. The number of hydrogen-bond acceptors (Lipinski definition) is 6. The Balaban J connectivity index is 1.29. The number of fused-ring (bicyclic) bond motifs is 1. The minimum absolute atomic E-state index is 0.00263. The number of ether oxygens (including phenoxy) is 1. The van der Waals surface area contributed by atoms with Gasteiger partial charge in [-0.1, -0.05) is 47.6 Å². The van der Waals surface area contributed by atoms with Gasteiger partial charge >= 0.3 is 0 Å². The van der Waals surface area contributed by atoms with Crippen LogP contribution < -0.4 is 15.0 Å². The van der Waals surface area contributed by atoms with Crippen LogP contribution in [0.1, 0.15) is 24.7 Å².